The van der Waals surface area contributed by atoms with Crippen LogP contribution in [0.3, 0.4) is 0 Å². The lowest BCUT2D eigenvalue weighted by atomic mass is 10.0. The zero-order valence-electron chi connectivity index (χ0n) is 21.5. The van der Waals surface area contributed by atoms with Crippen molar-refractivity contribution in [3.05, 3.63) is 114 Å². The van der Waals surface area contributed by atoms with E-state index in [0.29, 0.717) is 16.8 Å². The summed E-state index contributed by atoms with van der Waals surface area (Å²) in [6.45, 7) is 0. The minimum atomic E-state index is -1.26. The standard InChI is InChI=1S/C30H20N4O8/c35-15-24-25(23(16-41-24)30(39)42-40)33-34-26-21-12-11-17(28(37)31-19-7-3-1-4-8-19)13-18(21)14-22(27(26)36)29(38)32-20-9-5-2-6-10-20/h1-16,36,40H,(H,31,37)(H,32,38). The number of phenols is 1. The Morgan fingerprint density at radius 3 is 2.02 bits per heavy atom. The number of aldehydes is 1. The van der Waals surface area contributed by atoms with Crippen LogP contribution >= 0.6 is 0 Å². The fourth-order valence-corrected chi connectivity index (χ4v) is 4.08. The van der Waals surface area contributed by atoms with Crippen molar-refractivity contribution in [1.82, 2.24) is 0 Å². The van der Waals surface area contributed by atoms with Gasteiger partial charge < -0.3 is 20.2 Å². The zero-order valence-corrected chi connectivity index (χ0v) is 21.5. The van der Waals surface area contributed by atoms with E-state index in [-0.39, 0.29) is 34.2 Å². The van der Waals surface area contributed by atoms with Gasteiger partial charge in [0.25, 0.3) is 11.8 Å². The largest absolute Gasteiger partial charge is 0.505 e. The molecule has 2 amide bonds. The number of furan rings is 1. The van der Waals surface area contributed by atoms with Crippen LogP contribution in [0.2, 0.25) is 0 Å². The lowest BCUT2D eigenvalue weighted by molar-refractivity contribution is -0.182. The average Bonchev–Trinajstić information content (AvgIpc) is 3.43. The maximum atomic E-state index is 13.2. The van der Waals surface area contributed by atoms with Crippen molar-refractivity contribution >= 4 is 57.6 Å². The first kappa shape index (κ1) is 27.4. The number of benzene rings is 4. The van der Waals surface area contributed by atoms with Crippen LogP contribution in [-0.4, -0.2) is 34.4 Å². The molecule has 4 N–H and O–H groups in total. The normalized spacial score (nSPS) is 10.9. The first-order valence-corrected chi connectivity index (χ1v) is 12.3. The predicted molar refractivity (Wildman–Crippen MR) is 151 cm³/mol. The van der Waals surface area contributed by atoms with Gasteiger partial charge in [0.2, 0.25) is 0 Å². The second-order valence-electron chi connectivity index (χ2n) is 8.76. The van der Waals surface area contributed by atoms with E-state index in [9.17, 15) is 24.3 Å². The number of rotatable bonds is 8. The van der Waals surface area contributed by atoms with Crippen molar-refractivity contribution in [3.63, 3.8) is 0 Å². The summed E-state index contributed by atoms with van der Waals surface area (Å²) in [7, 11) is 0. The lowest BCUT2D eigenvalue weighted by Gasteiger charge is -2.12. The summed E-state index contributed by atoms with van der Waals surface area (Å²) in [6, 6.07) is 23.2. The number of aromatic hydroxyl groups is 1. The number of hydrogen-bond acceptors (Lipinski definition) is 10. The summed E-state index contributed by atoms with van der Waals surface area (Å²) in [4.78, 5) is 53.3. The van der Waals surface area contributed by atoms with Gasteiger partial charge in [0.15, 0.2) is 17.8 Å². The van der Waals surface area contributed by atoms with Crippen LogP contribution in [0.15, 0.2) is 106 Å². The molecule has 0 bridgehead atoms. The Balaban J connectivity index is 1.62. The van der Waals surface area contributed by atoms with Gasteiger partial charge in [-0.15, -0.1) is 10.2 Å². The Bertz CT molecular complexity index is 1850. The second kappa shape index (κ2) is 11.9. The topological polar surface area (TPSA) is 180 Å². The highest BCUT2D eigenvalue weighted by molar-refractivity contribution is 6.13. The number of hydrogen-bond donors (Lipinski definition) is 4. The number of carbonyl (C=O) groups excluding carboxylic acids is 4. The van der Waals surface area contributed by atoms with Crippen molar-refractivity contribution in [2.75, 3.05) is 10.6 Å². The maximum Gasteiger partial charge on any atom is 0.378 e. The highest BCUT2D eigenvalue weighted by Crippen LogP contribution is 2.41. The first-order chi connectivity index (χ1) is 20.4. The maximum absolute atomic E-state index is 13.2. The Morgan fingerprint density at radius 1 is 0.786 bits per heavy atom. The Hall–Kier alpha value is -6.14. The first-order valence-electron chi connectivity index (χ1n) is 12.3. The molecule has 208 valence electrons. The molecule has 1 aromatic heterocycles. The highest BCUT2D eigenvalue weighted by atomic mass is 17.1. The van der Waals surface area contributed by atoms with Crippen molar-refractivity contribution in [3.8, 4) is 5.75 Å². The molecule has 0 atom stereocenters. The minimum absolute atomic E-state index is 0.196. The van der Waals surface area contributed by atoms with E-state index < -0.39 is 34.9 Å². The Labute approximate surface area is 236 Å². The molecule has 0 aliphatic rings. The van der Waals surface area contributed by atoms with Gasteiger partial charge in [-0.3, -0.25) is 19.3 Å². The summed E-state index contributed by atoms with van der Waals surface area (Å²) in [5, 5.41) is 34.0. The van der Waals surface area contributed by atoms with E-state index in [4.69, 9.17) is 9.67 Å². The molecule has 12 heteroatoms. The summed E-state index contributed by atoms with van der Waals surface area (Å²) < 4.78 is 4.99. The van der Waals surface area contributed by atoms with Crippen molar-refractivity contribution in [2.45, 2.75) is 0 Å². The van der Waals surface area contributed by atoms with E-state index in [1.165, 1.54) is 24.3 Å². The van der Waals surface area contributed by atoms with Crippen LogP contribution < -0.4 is 10.6 Å². The zero-order chi connectivity index (χ0) is 29.6. The second-order valence-corrected chi connectivity index (χ2v) is 8.76. The fraction of sp³-hybridized carbons (Fsp3) is 0. The SMILES string of the molecule is O=Cc1occ(C(=O)OO)c1N=Nc1c(O)c(C(=O)Nc2ccccc2)cc2cc(C(=O)Nc3ccccc3)ccc12. The van der Waals surface area contributed by atoms with Crippen molar-refractivity contribution in [2.24, 2.45) is 10.2 Å². The third kappa shape index (κ3) is 5.59. The highest BCUT2D eigenvalue weighted by Gasteiger charge is 2.23. The number of phenolic OH excluding ortho intramolecular Hbond substituents is 1. The van der Waals surface area contributed by atoms with Crippen LogP contribution in [0.25, 0.3) is 10.8 Å². The van der Waals surface area contributed by atoms with Gasteiger partial charge in [0, 0.05) is 22.3 Å². The molecule has 4 aromatic carbocycles. The van der Waals surface area contributed by atoms with Gasteiger partial charge in [-0.05, 0) is 47.9 Å². The molecule has 0 fully saturated rings. The lowest BCUT2D eigenvalue weighted by Crippen LogP contribution is -2.13. The molecular formula is C30H20N4O8. The van der Waals surface area contributed by atoms with Gasteiger partial charge in [0.1, 0.15) is 23.2 Å². The molecule has 12 nitrogen and oxygen atoms in total. The van der Waals surface area contributed by atoms with Crippen LogP contribution in [0.4, 0.5) is 22.7 Å². The molecular weight excluding hydrogens is 544 g/mol. The predicted octanol–water partition coefficient (Wildman–Crippen LogP) is 6.50. The van der Waals surface area contributed by atoms with E-state index in [1.54, 1.807) is 54.6 Å². The summed E-state index contributed by atoms with van der Waals surface area (Å²) in [5.41, 5.74) is 0.0946. The van der Waals surface area contributed by atoms with Crippen LogP contribution in [0.5, 0.6) is 5.75 Å². The molecule has 1 heterocycles. The number of nitrogens with zero attached hydrogens (tertiary/aromatic N) is 2. The van der Waals surface area contributed by atoms with Gasteiger partial charge in [-0.25, -0.2) is 4.79 Å². The van der Waals surface area contributed by atoms with E-state index in [2.05, 4.69) is 25.7 Å². The fourth-order valence-electron chi connectivity index (χ4n) is 4.08. The number of fused-ring (bicyclic) bond motifs is 1. The molecule has 0 unspecified atom stereocenters. The number of carbonyl (C=O) groups is 4. The quantitative estimate of drug-likeness (QED) is 0.0713. The molecule has 0 saturated carbocycles. The van der Waals surface area contributed by atoms with E-state index in [0.717, 1.165) is 6.26 Å². The summed E-state index contributed by atoms with van der Waals surface area (Å²) in [6.07, 6.45) is 1.11. The number of azo groups is 1. The van der Waals surface area contributed by atoms with Gasteiger partial charge >= 0.3 is 5.97 Å². The monoisotopic (exact) mass is 564 g/mol. The molecule has 42 heavy (non-hydrogen) atoms. The average molecular weight is 565 g/mol. The molecule has 0 spiro atoms. The molecule has 0 saturated heterocycles. The molecule has 5 aromatic rings. The van der Waals surface area contributed by atoms with Gasteiger partial charge in [-0.2, -0.15) is 5.26 Å². The van der Waals surface area contributed by atoms with Crippen molar-refractivity contribution < 1.29 is 38.8 Å². The molecule has 5 rings (SSSR count). The Kier molecular flexibility index (Phi) is 7.80. The smallest absolute Gasteiger partial charge is 0.378 e. The number of nitrogens with one attached hydrogen (secondary N) is 2. The molecule has 0 aliphatic heterocycles. The Morgan fingerprint density at radius 2 is 1.40 bits per heavy atom. The molecule has 0 aliphatic carbocycles. The van der Waals surface area contributed by atoms with Crippen LogP contribution in [0.1, 0.15) is 41.6 Å². The van der Waals surface area contributed by atoms with Crippen LogP contribution in [0, 0.1) is 0 Å². The van der Waals surface area contributed by atoms with E-state index in [1.807, 2.05) is 6.07 Å². The number of para-hydroxylation sites is 2. The summed E-state index contributed by atoms with van der Waals surface area (Å²) >= 11 is 0. The third-order valence-corrected chi connectivity index (χ3v) is 6.11. The van der Waals surface area contributed by atoms with Crippen LogP contribution in [-0.2, 0) is 4.89 Å². The molecule has 0 radical (unpaired) electrons. The van der Waals surface area contributed by atoms with Gasteiger partial charge in [0.05, 0.1) is 5.56 Å². The summed E-state index contributed by atoms with van der Waals surface area (Å²) in [5.74, 6) is -3.34. The van der Waals surface area contributed by atoms with Crippen molar-refractivity contribution in [1.29, 1.82) is 0 Å². The number of amides is 2. The van der Waals surface area contributed by atoms with Gasteiger partial charge in [-0.1, -0.05) is 42.5 Å². The minimum Gasteiger partial charge on any atom is -0.505 e. The third-order valence-electron chi connectivity index (χ3n) is 6.11. The number of anilines is 2. The van der Waals surface area contributed by atoms with E-state index >= 15 is 0 Å².